The summed E-state index contributed by atoms with van der Waals surface area (Å²) in [4.78, 5) is 23.9. The fraction of sp³-hybridized carbons (Fsp3) is 0.733. The summed E-state index contributed by atoms with van der Waals surface area (Å²) in [6.45, 7) is 11.0. The molecular formula is C30H48O5. The summed E-state index contributed by atoms with van der Waals surface area (Å²) in [6, 6.07) is 0. The van der Waals surface area contributed by atoms with Gasteiger partial charge >= 0.3 is 11.9 Å². The van der Waals surface area contributed by atoms with Gasteiger partial charge in [0, 0.05) is 11.5 Å². The molecule has 0 aromatic heterocycles. The SMILES string of the molecule is C=C(C)C(=O)OCC(COC(=O)C(=C)CO)C1CCC(/C=C/C2CCC(CCCCC)CC2)CC1. The van der Waals surface area contributed by atoms with Crippen molar-refractivity contribution >= 4 is 11.9 Å². The molecule has 2 aliphatic rings. The van der Waals surface area contributed by atoms with Crippen molar-refractivity contribution in [2.24, 2.45) is 29.6 Å². The zero-order valence-electron chi connectivity index (χ0n) is 22.1. The first kappa shape index (κ1) is 29.4. The molecule has 0 aliphatic heterocycles. The van der Waals surface area contributed by atoms with Gasteiger partial charge in [-0.1, -0.05) is 57.9 Å². The van der Waals surface area contributed by atoms with Crippen LogP contribution in [0.5, 0.6) is 0 Å². The second kappa shape index (κ2) is 16.0. The van der Waals surface area contributed by atoms with Gasteiger partial charge in [-0.25, -0.2) is 9.59 Å². The Morgan fingerprint density at radius 3 is 1.94 bits per heavy atom. The molecule has 2 fully saturated rings. The zero-order chi connectivity index (χ0) is 25.6. The Labute approximate surface area is 213 Å². The first-order chi connectivity index (χ1) is 16.8. The van der Waals surface area contributed by atoms with Crippen LogP contribution in [-0.2, 0) is 19.1 Å². The van der Waals surface area contributed by atoms with Crippen LogP contribution in [0.15, 0.2) is 36.5 Å². The van der Waals surface area contributed by atoms with Crippen molar-refractivity contribution in [3.05, 3.63) is 36.5 Å². The molecule has 0 saturated heterocycles. The standard InChI is InChI=1S/C30H48O5/c1-5-6-7-8-24-9-11-25(12-10-24)13-14-26-15-17-27(18-16-26)28(20-34-29(32)22(2)3)21-35-30(33)23(4)19-31/h13-14,24-28,31H,2,4-12,15-21H2,1,3H3/b14-13+. The predicted molar refractivity (Wildman–Crippen MR) is 141 cm³/mol. The smallest absolute Gasteiger partial charge is 0.335 e. The number of hydrogen-bond donors (Lipinski definition) is 1. The number of hydrogen-bond acceptors (Lipinski definition) is 5. The molecule has 2 aliphatic carbocycles. The molecule has 0 amide bonds. The number of aliphatic hydroxyl groups is 1. The van der Waals surface area contributed by atoms with E-state index in [1.165, 1.54) is 51.4 Å². The molecule has 5 nitrogen and oxygen atoms in total. The minimum atomic E-state index is -0.597. The Morgan fingerprint density at radius 2 is 1.43 bits per heavy atom. The summed E-state index contributed by atoms with van der Waals surface area (Å²) in [5.74, 6) is 1.53. The molecular weight excluding hydrogens is 440 g/mol. The minimum absolute atomic E-state index is 0.0338. The molecule has 0 bridgehead atoms. The average Bonchev–Trinajstić information content (AvgIpc) is 2.87. The van der Waals surface area contributed by atoms with Crippen LogP contribution in [0, 0.1) is 29.6 Å². The van der Waals surface area contributed by atoms with Crippen LogP contribution >= 0.6 is 0 Å². The number of esters is 2. The molecule has 35 heavy (non-hydrogen) atoms. The van der Waals surface area contributed by atoms with Crippen molar-refractivity contribution < 1.29 is 24.2 Å². The Hall–Kier alpha value is -1.88. The van der Waals surface area contributed by atoms with Crippen molar-refractivity contribution in [1.29, 1.82) is 0 Å². The lowest BCUT2D eigenvalue weighted by Crippen LogP contribution is -2.31. The van der Waals surface area contributed by atoms with Gasteiger partial charge in [0.05, 0.1) is 25.4 Å². The van der Waals surface area contributed by atoms with Gasteiger partial charge in [0.2, 0.25) is 0 Å². The summed E-state index contributed by atoms with van der Waals surface area (Å²) in [6.07, 6.45) is 20.1. The fourth-order valence-corrected chi connectivity index (χ4v) is 5.45. The van der Waals surface area contributed by atoms with Crippen LogP contribution in [0.25, 0.3) is 0 Å². The molecule has 0 aromatic carbocycles. The molecule has 1 atom stereocenters. The van der Waals surface area contributed by atoms with Crippen molar-refractivity contribution in [3.63, 3.8) is 0 Å². The number of aliphatic hydroxyl groups excluding tert-OH is 1. The Morgan fingerprint density at radius 1 is 0.886 bits per heavy atom. The summed E-state index contributed by atoms with van der Waals surface area (Å²) < 4.78 is 10.8. The summed E-state index contributed by atoms with van der Waals surface area (Å²) in [5.41, 5.74) is 0.393. The van der Waals surface area contributed by atoms with Crippen LogP contribution < -0.4 is 0 Å². The average molecular weight is 489 g/mol. The first-order valence-corrected chi connectivity index (χ1v) is 13.8. The molecule has 0 heterocycles. The van der Waals surface area contributed by atoms with Crippen molar-refractivity contribution in [3.8, 4) is 0 Å². The molecule has 2 saturated carbocycles. The maximum Gasteiger partial charge on any atom is 0.335 e. The number of ether oxygens (including phenoxy) is 2. The normalized spacial score (nSPS) is 25.7. The topological polar surface area (TPSA) is 72.8 Å². The molecule has 198 valence electrons. The van der Waals surface area contributed by atoms with Crippen LogP contribution in [0.2, 0.25) is 0 Å². The van der Waals surface area contributed by atoms with E-state index in [9.17, 15) is 9.59 Å². The van der Waals surface area contributed by atoms with E-state index in [4.69, 9.17) is 14.6 Å². The monoisotopic (exact) mass is 488 g/mol. The molecule has 0 aromatic rings. The van der Waals surface area contributed by atoms with Gasteiger partial charge in [-0.2, -0.15) is 0 Å². The third kappa shape index (κ3) is 10.7. The zero-order valence-corrected chi connectivity index (χ0v) is 22.1. The van der Waals surface area contributed by atoms with E-state index in [0.717, 1.165) is 37.5 Å². The van der Waals surface area contributed by atoms with Gasteiger partial charge in [0.1, 0.15) is 0 Å². The Kier molecular flexibility index (Phi) is 13.4. The second-order valence-corrected chi connectivity index (χ2v) is 10.8. The highest BCUT2D eigenvalue weighted by molar-refractivity contribution is 5.88. The molecule has 1 N–H and O–H groups in total. The third-order valence-electron chi connectivity index (χ3n) is 7.93. The quantitative estimate of drug-likeness (QED) is 0.130. The van der Waals surface area contributed by atoms with Crippen LogP contribution in [0.4, 0.5) is 0 Å². The van der Waals surface area contributed by atoms with E-state index in [0.29, 0.717) is 17.4 Å². The van der Waals surface area contributed by atoms with Gasteiger partial charge in [0.15, 0.2) is 0 Å². The van der Waals surface area contributed by atoms with Crippen molar-refractivity contribution in [2.45, 2.75) is 90.9 Å². The minimum Gasteiger partial charge on any atom is -0.462 e. The number of carbonyl (C=O) groups excluding carboxylic acids is 2. The van der Waals surface area contributed by atoms with Gasteiger partial charge in [-0.05, 0) is 82.0 Å². The maximum atomic E-state index is 12.0. The van der Waals surface area contributed by atoms with Crippen LogP contribution in [0.1, 0.15) is 90.9 Å². The number of allylic oxidation sites excluding steroid dienone is 2. The van der Waals surface area contributed by atoms with Gasteiger partial charge in [-0.15, -0.1) is 0 Å². The Balaban J connectivity index is 1.80. The summed E-state index contributed by atoms with van der Waals surface area (Å²) >= 11 is 0. The fourth-order valence-electron chi connectivity index (χ4n) is 5.45. The van der Waals surface area contributed by atoms with Gasteiger partial charge in [-0.3, -0.25) is 0 Å². The molecule has 0 radical (unpaired) electrons. The number of carbonyl (C=O) groups is 2. The van der Waals surface area contributed by atoms with E-state index in [1.807, 2.05) is 0 Å². The lowest BCUT2D eigenvalue weighted by molar-refractivity contribution is -0.146. The van der Waals surface area contributed by atoms with E-state index >= 15 is 0 Å². The van der Waals surface area contributed by atoms with Crippen LogP contribution in [-0.4, -0.2) is 36.9 Å². The summed E-state index contributed by atoms with van der Waals surface area (Å²) in [5, 5.41) is 9.10. The predicted octanol–water partition coefficient (Wildman–Crippen LogP) is 6.56. The highest BCUT2D eigenvalue weighted by Gasteiger charge is 2.29. The molecule has 1 unspecified atom stereocenters. The molecule has 0 spiro atoms. The third-order valence-corrected chi connectivity index (χ3v) is 7.93. The van der Waals surface area contributed by atoms with E-state index in [-0.39, 0.29) is 24.7 Å². The van der Waals surface area contributed by atoms with Crippen molar-refractivity contribution in [1.82, 2.24) is 0 Å². The highest BCUT2D eigenvalue weighted by Crippen LogP contribution is 2.37. The number of rotatable bonds is 14. The van der Waals surface area contributed by atoms with E-state index < -0.39 is 18.5 Å². The Bertz CT molecular complexity index is 708. The van der Waals surface area contributed by atoms with Gasteiger partial charge < -0.3 is 14.6 Å². The first-order valence-electron chi connectivity index (χ1n) is 13.8. The molecule has 2 rings (SSSR count). The van der Waals surface area contributed by atoms with E-state index in [1.54, 1.807) is 6.92 Å². The van der Waals surface area contributed by atoms with Crippen LogP contribution in [0.3, 0.4) is 0 Å². The van der Waals surface area contributed by atoms with E-state index in [2.05, 4.69) is 32.2 Å². The summed E-state index contributed by atoms with van der Waals surface area (Å²) in [7, 11) is 0. The molecule has 5 heteroatoms. The van der Waals surface area contributed by atoms with Gasteiger partial charge in [0.25, 0.3) is 0 Å². The lowest BCUT2D eigenvalue weighted by atomic mass is 9.75. The number of unbranched alkanes of at least 4 members (excludes halogenated alkanes) is 2. The van der Waals surface area contributed by atoms with Crippen molar-refractivity contribution in [2.75, 3.05) is 19.8 Å². The maximum absolute atomic E-state index is 12.0. The lowest BCUT2D eigenvalue weighted by Gasteiger charge is -2.33. The highest BCUT2D eigenvalue weighted by atomic mass is 16.5. The second-order valence-electron chi connectivity index (χ2n) is 10.8. The largest absolute Gasteiger partial charge is 0.462 e.